The fourth-order valence-corrected chi connectivity index (χ4v) is 2.11. The number of unbranched alkanes of at least 4 members (excludes halogenated alkanes) is 1. The molecule has 1 rings (SSSR count). The molecule has 3 nitrogen and oxygen atoms in total. The topological polar surface area (TPSA) is 32.7 Å². The summed E-state index contributed by atoms with van der Waals surface area (Å²) in [6.07, 6.45) is 4.85. The summed E-state index contributed by atoms with van der Waals surface area (Å²) in [4.78, 5) is 2.40. The van der Waals surface area contributed by atoms with Crippen molar-refractivity contribution in [3.05, 3.63) is 0 Å². The molecule has 0 unspecified atom stereocenters. The van der Waals surface area contributed by atoms with E-state index in [-0.39, 0.29) is 6.61 Å². The summed E-state index contributed by atoms with van der Waals surface area (Å²) in [5.74, 6) is 0.780. The van der Waals surface area contributed by atoms with Gasteiger partial charge in [0.1, 0.15) is 0 Å². The SMILES string of the molecule is CCCCN(CCO)CC1CCOCC1. The third-order valence-corrected chi connectivity index (χ3v) is 3.10. The van der Waals surface area contributed by atoms with E-state index in [2.05, 4.69) is 11.8 Å². The molecule has 0 bridgehead atoms. The lowest BCUT2D eigenvalue weighted by molar-refractivity contribution is 0.0497. The molecule has 1 aliphatic heterocycles. The fourth-order valence-electron chi connectivity index (χ4n) is 2.11. The van der Waals surface area contributed by atoms with Crippen molar-refractivity contribution in [1.29, 1.82) is 0 Å². The highest BCUT2D eigenvalue weighted by molar-refractivity contribution is 4.69. The van der Waals surface area contributed by atoms with Crippen LogP contribution in [-0.4, -0.2) is 49.5 Å². The lowest BCUT2D eigenvalue weighted by atomic mass is 9.99. The van der Waals surface area contributed by atoms with Crippen LogP contribution in [0.3, 0.4) is 0 Å². The van der Waals surface area contributed by atoms with E-state index < -0.39 is 0 Å². The van der Waals surface area contributed by atoms with E-state index >= 15 is 0 Å². The van der Waals surface area contributed by atoms with Gasteiger partial charge in [0, 0.05) is 26.3 Å². The first-order valence-electron chi connectivity index (χ1n) is 6.27. The maximum atomic E-state index is 9.00. The number of hydrogen-bond donors (Lipinski definition) is 1. The number of hydrogen-bond acceptors (Lipinski definition) is 3. The molecule has 0 radical (unpaired) electrons. The van der Waals surface area contributed by atoms with Gasteiger partial charge in [0.15, 0.2) is 0 Å². The molecule has 0 atom stereocenters. The van der Waals surface area contributed by atoms with Crippen molar-refractivity contribution in [3.63, 3.8) is 0 Å². The second-order valence-corrected chi connectivity index (χ2v) is 4.43. The Bertz CT molecular complexity index is 147. The Kier molecular flexibility index (Phi) is 6.98. The molecular weight excluding hydrogens is 190 g/mol. The second-order valence-electron chi connectivity index (χ2n) is 4.43. The quantitative estimate of drug-likeness (QED) is 0.698. The second kappa shape index (κ2) is 8.08. The number of aliphatic hydroxyl groups excluding tert-OH is 1. The number of ether oxygens (including phenoxy) is 1. The van der Waals surface area contributed by atoms with Crippen LogP contribution in [0.15, 0.2) is 0 Å². The van der Waals surface area contributed by atoms with E-state index in [1.165, 1.54) is 25.7 Å². The van der Waals surface area contributed by atoms with Gasteiger partial charge in [-0.1, -0.05) is 13.3 Å². The molecule has 1 fully saturated rings. The number of aliphatic hydroxyl groups is 1. The Morgan fingerprint density at radius 2 is 2.00 bits per heavy atom. The zero-order valence-electron chi connectivity index (χ0n) is 9.95. The molecule has 0 aliphatic carbocycles. The molecule has 90 valence electrons. The van der Waals surface area contributed by atoms with Crippen LogP contribution in [-0.2, 0) is 4.74 Å². The average molecular weight is 215 g/mol. The Morgan fingerprint density at radius 1 is 1.27 bits per heavy atom. The molecule has 15 heavy (non-hydrogen) atoms. The first kappa shape index (κ1) is 12.9. The van der Waals surface area contributed by atoms with Crippen LogP contribution in [0.5, 0.6) is 0 Å². The summed E-state index contributed by atoms with van der Waals surface area (Å²) >= 11 is 0. The normalized spacial score (nSPS) is 18.6. The van der Waals surface area contributed by atoms with Crippen LogP contribution in [0, 0.1) is 5.92 Å². The van der Waals surface area contributed by atoms with Crippen molar-refractivity contribution in [1.82, 2.24) is 4.90 Å². The summed E-state index contributed by atoms with van der Waals surface area (Å²) in [6.45, 7) is 7.45. The minimum Gasteiger partial charge on any atom is -0.395 e. The molecule has 0 aromatic rings. The number of nitrogens with zero attached hydrogens (tertiary/aromatic N) is 1. The van der Waals surface area contributed by atoms with E-state index in [4.69, 9.17) is 9.84 Å². The predicted molar refractivity (Wildman–Crippen MR) is 62.0 cm³/mol. The molecule has 1 saturated heterocycles. The molecule has 1 N–H and O–H groups in total. The first-order valence-corrected chi connectivity index (χ1v) is 6.27. The van der Waals surface area contributed by atoms with Gasteiger partial charge in [-0.3, -0.25) is 0 Å². The van der Waals surface area contributed by atoms with Crippen molar-refractivity contribution >= 4 is 0 Å². The Balaban J connectivity index is 2.21. The van der Waals surface area contributed by atoms with Gasteiger partial charge < -0.3 is 14.7 Å². The molecule has 1 aliphatic rings. The summed E-state index contributed by atoms with van der Waals surface area (Å²) in [6, 6.07) is 0. The van der Waals surface area contributed by atoms with Crippen molar-refractivity contribution < 1.29 is 9.84 Å². The standard InChI is InChI=1S/C12H25NO2/c1-2-3-6-13(7-8-14)11-12-4-9-15-10-5-12/h12,14H,2-11H2,1H3. The maximum Gasteiger partial charge on any atom is 0.0558 e. The molecule has 0 amide bonds. The Hall–Kier alpha value is -0.120. The van der Waals surface area contributed by atoms with Crippen LogP contribution < -0.4 is 0 Å². The van der Waals surface area contributed by atoms with Crippen molar-refractivity contribution in [3.8, 4) is 0 Å². The largest absolute Gasteiger partial charge is 0.395 e. The van der Waals surface area contributed by atoms with E-state index in [9.17, 15) is 0 Å². The third-order valence-electron chi connectivity index (χ3n) is 3.10. The van der Waals surface area contributed by atoms with Gasteiger partial charge in [-0.25, -0.2) is 0 Å². The highest BCUT2D eigenvalue weighted by Crippen LogP contribution is 2.16. The molecule has 0 spiro atoms. The summed E-state index contributed by atoms with van der Waals surface area (Å²) in [5.41, 5.74) is 0. The van der Waals surface area contributed by atoms with Gasteiger partial charge in [-0.15, -0.1) is 0 Å². The van der Waals surface area contributed by atoms with Gasteiger partial charge in [0.05, 0.1) is 6.61 Å². The van der Waals surface area contributed by atoms with Crippen molar-refractivity contribution in [2.75, 3.05) is 39.5 Å². The van der Waals surface area contributed by atoms with Gasteiger partial charge in [-0.05, 0) is 31.7 Å². The molecule has 1 heterocycles. The lowest BCUT2D eigenvalue weighted by Crippen LogP contribution is -2.35. The van der Waals surface area contributed by atoms with Gasteiger partial charge in [0.25, 0.3) is 0 Å². The summed E-state index contributed by atoms with van der Waals surface area (Å²) in [5, 5.41) is 9.00. The highest BCUT2D eigenvalue weighted by Gasteiger charge is 2.16. The number of rotatable bonds is 7. The van der Waals surface area contributed by atoms with Gasteiger partial charge >= 0.3 is 0 Å². The fraction of sp³-hybridized carbons (Fsp3) is 1.00. The van der Waals surface area contributed by atoms with Gasteiger partial charge in [-0.2, -0.15) is 0 Å². The van der Waals surface area contributed by atoms with Crippen LogP contribution in [0.4, 0.5) is 0 Å². The smallest absolute Gasteiger partial charge is 0.0558 e. The van der Waals surface area contributed by atoms with Gasteiger partial charge in [0.2, 0.25) is 0 Å². The maximum absolute atomic E-state index is 9.00. The van der Waals surface area contributed by atoms with E-state index in [0.29, 0.717) is 0 Å². The minimum atomic E-state index is 0.285. The van der Waals surface area contributed by atoms with E-state index in [1.807, 2.05) is 0 Å². The third kappa shape index (κ3) is 5.50. The molecule has 0 saturated carbocycles. The Labute approximate surface area is 93.4 Å². The monoisotopic (exact) mass is 215 g/mol. The molecular formula is C12H25NO2. The summed E-state index contributed by atoms with van der Waals surface area (Å²) in [7, 11) is 0. The zero-order valence-corrected chi connectivity index (χ0v) is 9.95. The summed E-state index contributed by atoms with van der Waals surface area (Å²) < 4.78 is 5.35. The molecule has 3 heteroatoms. The van der Waals surface area contributed by atoms with Crippen LogP contribution >= 0.6 is 0 Å². The van der Waals surface area contributed by atoms with Crippen LogP contribution in [0.2, 0.25) is 0 Å². The highest BCUT2D eigenvalue weighted by atomic mass is 16.5. The zero-order chi connectivity index (χ0) is 10.9. The molecule has 0 aromatic carbocycles. The van der Waals surface area contributed by atoms with Crippen molar-refractivity contribution in [2.45, 2.75) is 32.6 Å². The molecule has 0 aromatic heterocycles. The van der Waals surface area contributed by atoms with Crippen LogP contribution in [0.1, 0.15) is 32.6 Å². The predicted octanol–water partition coefficient (Wildman–Crippen LogP) is 1.51. The minimum absolute atomic E-state index is 0.285. The van der Waals surface area contributed by atoms with Crippen molar-refractivity contribution in [2.24, 2.45) is 5.92 Å². The average Bonchev–Trinajstić information content (AvgIpc) is 2.28. The lowest BCUT2D eigenvalue weighted by Gasteiger charge is -2.29. The van der Waals surface area contributed by atoms with E-state index in [1.54, 1.807) is 0 Å². The first-order chi connectivity index (χ1) is 7.36. The Morgan fingerprint density at radius 3 is 2.60 bits per heavy atom. The van der Waals surface area contributed by atoms with Crippen LogP contribution in [0.25, 0.3) is 0 Å². The van der Waals surface area contributed by atoms with E-state index in [0.717, 1.165) is 38.8 Å².